The van der Waals surface area contributed by atoms with Crippen molar-refractivity contribution in [2.75, 3.05) is 18.2 Å². The number of aryl methyl sites for hydroxylation is 1. The minimum atomic E-state index is -3.70. The lowest BCUT2D eigenvalue weighted by atomic mass is 10.1. The summed E-state index contributed by atoms with van der Waals surface area (Å²) in [5.41, 5.74) is 7.84. The van der Waals surface area contributed by atoms with E-state index >= 15 is 0 Å². The lowest BCUT2D eigenvalue weighted by Gasteiger charge is -2.13. The Morgan fingerprint density at radius 2 is 1.93 bits per heavy atom. The summed E-state index contributed by atoms with van der Waals surface area (Å²) in [6, 6.07) is 11.9. The van der Waals surface area contributed by atoms with Gasteiger partial charge in [0.1, 0.15) is 10.6 Å². The van der Waals surface area contributed by atoms with Gasteiger partial charge >= 0.3 is 0 Å². The first-order chi connectivity index (χ1) is 12.9. The standard InChI is InChI=1S/C19H23N3O4S.ClH/c1-26-17-10-9-15(12-18(17)27(24,25)22-14-7-8-14)21-19(23)11-6-13-4-2-3-5-16(13)20;/h2-5,9-10,12,14,22H,6-8,11,20H2,1H3,(H,21,23);1H. The molecule has 1 fully saturated rings. The lowest BCUT2D eigenvalue weighted by Crippen LogP contribution is -2.26. The van der Waals surface area contributed by atoms with Crippen LogP contribution in [0.5, 0.6) is 5.75 Å². The predicted octanol–water partition coefficient (Wildman–Crippen LogP) is 2.71. The normalized spacial score (nSPS) is 13.5. The van der Waals surface area contributed by atoms with Gasteiger partial charge in [-0.05, 0) is 49.1 Å². The third-order valence-electron chi connectivity index (χ3n) is 4.31. The van der Waals surface area contributed by atoms with Crippen molar-refractivity contribution in [3.05, 3.63) is 48.0 Å². The van der Waals surface area contributed by atoms with Crippen molar-refractivity contribution in [3.8, 4) is 5.75 Å². The zero-order chi connectivity index (χ0) is 19.4. The van der Waals surface area contributed by atoms with Crippen molar-refractivity contribution >= 4 is 39.7 Å². The van der Waals surface area contributed by atoms with Gasteiger partial charge in [0.2, 0.25) is 15.9 Å². The van der Waals surface area contributed by atoms with E-state index in [0.29, 0.717) is 17.8 Å². The molecule has 2 aromatic rings. The smallest absolute Gasteiger partial charge is 0.244 e. The third-order valence-corrected chi connectivity index (χ3v) is 5.85. The maximum Gasteiger partial charge on any atom is 0.244 e. The van der Waals surface area contributed by atoms with Crippen LogP contribution >= 0.6 is 12.4 Å². The number of para-hydroxylation sites is 1. The molecule has 0 unspecified atom stereocenters. The van der Waals surface area contributed by atoms with Gasteiger partial charge in [-0.2, -0.15) is 0 Å². The number of hydrogen-bond donors (Lipinski definition) is 3. The minimum absolute atomic E-state index is 0. The second-order valence-electron chi connectivity index (χ2n) is 6.51. The highest BCUT2D eigenvalue weighted by Crippen LogP contribution is 2.29. The highest BCUT2D eigenvalue weighted by atomic mass is 35.5. The predicted molar refractivity (Wildman–Crippen MR) is 111 cm³/mol. The molecule has 0 aliphatic heterocycles. The molecule has 2 aromatic carbocycles. The van der Waals surface area contributed by atoms with E-state index in [0.717, 1.165) is 18.4 Å². The average molecular weight is 426 g/mol. The molecule has 1 saturated carbocycles. The molecule has 0 atom stereocenters. The molecule has 0 heterocycles. The Kier molecular flexibility index (Phi) is 7.29. The largest absolute Gasteiger partial charge is 0.495 e. The number of methoxy groups -OCH3 is 1. The maximum atomic E-state index is 12.5. The summed E-state index contributed by atoms with van der Waals surface area (Å²) in [5.74, 6) is 0.0140. The van der Waals surface area contributed by atoms with Gasteiger partial charge in [0.05, 0.1) is 7.11 Å². The van der Waals surface area contributed by atoms with E-state index in [4.69, 9.17) is 10.5 Å². The first kappa shape index (κ1) is 22.0. The number of hydrogen-bond acceptors (Lipinski definition) is 5. The van der Waals surface area contributed by atoms with Gasteiger partial charge in [-0.3, -0.25) is 4.79 Å². The summed E-state index contributed by atoms with van der Waals surface area (Å²) < 4.78 is 32.8. The van der Waals surface area contributed by atoms with Crippen LogP contribution in [0.25, 0.3) is 0 Å². The maximum absolute atomic E-state index is 12.5. The van der Waals surface area contributed by atoms with Crippen LogP contribution in [0.4, 0.5) is 11.4 Å². The molecule has 4 N–H and O–H groups in total. The number of ether oxygens (including phenoxy) is 1. The Bertz CT molecular complexity index is 946. The Morgan fingerprint density at radius 3 is 2.57 bits per heavy atom. The number of nitrogens with two attached hydrogens (primary N) is 1. The second kappa shape index (κ2) is 9.27. The Hall–Kier alpha value is -2.29. The van der Waals surface area contributed by atoms with Crippen molar-refractivity contribution in [1.82, 2.24) is 4.72 Å². The number of carbonyl (C=O) groups excluding carboxylic acids is 1. The molecule has 1 aliphatic carbocycles. The molecule has 1 aliphatic rings. The fraction of sp³-hybridized carbons (Fsp3) is 0.316. The number of sulfonamides is 1. The molecule has 152 valence electrons. The van der Waals surface area contributed by atoms with Gasteiger partial charge < -0.3 is 15.8 Å². The van der Waals surface area contributed by atoms with Crippen molar-refractivity contribution in [2.24, 2.45) is 0 Å². The lowest BCUT2D eigenvalue weighted by molar-refractivity contribution is -0.116. The van der Waals surface area contributed by atoms with Crippen LogP contribution in [-0.2, 0) is 21.2 Å². The molecule has 0 saturated heterocycles. The molecule has 28 heavy (non-hydrogen) atoms. The van der Waals surface area contributed by atoms with Gasteiger partial charge in [0.25, 0.3) is 0 Å². The number of benzene rings is 2. The van der Waals surface area contributed by atoms with Crippen LogP contribution in [0.2, 0.25) is 0 Å². The summed E-state index contributed by atoms with van der Waals surface area (Å²) >= 11 is 0. The average Bonchev–Trinajstić information content (AvgIpc) is 3.44. The summed E-state index contributed by atoms with van der Waals surface area (Å²) in [7, 11) is -2.29. The van der Waals surface area contributed by atoms with E-state index < -0.39 is 10.0 Å². The van der Waals surface area contributed by atoms with Crippen LogP contribution in [0, 0.1) is 0 Å². The molecule has 0 bridgehead atoms. The molecule has 0 radical (unpaired) electrons. The topological polar surface area (TPSA) is 111 Å². The van der Waals surface area contributed by atoms with Crippen LogP contribution in [-0.4, -0.2) is 27.5 Å². The van der Waals surface area contributed by atoms with E-state index in [2.05, 4.69) is 10.0 Å². The highest BCUT2D eigenvalue weighted by Gasteiger charge is 2.30. The fourth-order valence-electron chi connectivity index (χ4n) is 2.68. The first-order valence-corrected chi connectivity index (χ1v) is 10.2. The van der Waals surface area contributed by atoms with Crippen molar-refractivity contribution in [1.29, 1.82) is 0 Å². The van der Waals surface area contributed by atoms with E-state index in [1.807, 2.05) is 18.2 Å². The molecule has 3 rings (SSSR count). The molecular formula is C19H24ClN3O4S. The number of carbonyl (C=O) groups is 1. The minimum Gasteiger partial charge on any atom is -0.495 e. The fourth-order valence-corrected chi connectivity index (χ4v) is 4.18. The van der Waals surface area contributed by atoms with Gasteiger partial charge in [0.15, 0.2) is 0 Å². The Labute approximate surface area is 171 Å². The summed E-state index contributed by atoms with van der Waals surface area (Å²) in [5, 5.41) is 2.74. The van der Waals surface area contributed by atoms with E-state index in [9.17, 15) is 13.2 Å². The third kappa shape index (κ3) is 5.60. The van der Waals surface area contributed by atoms with Crippen LogP contribution in [0.3, 0.4) is 0 Å². The number of nitrogen functional groups attached to an aromatic ring is 1. The van der Waals surface area contributed by atoms with Gasteiger partial charge in [-0.1, -0.05) is 18.2 Å². The number of rotatable bonds is 8. The van der Waals surface area contributed by atoms with Crippen LogP contribution < -0.4 is 20.5 Å². The van der Waals surface area contributed by atoms with E-state index in [1.54, 1.807) is 12.1 Å². The molecular weight excluding hydrogens is 402 g/mol. The zero-order valence-electron chi connectivity index (χ0n) is 15.5. The summed E-state index contributed by atoms with van der Waals surface area (Å²) in [6.07, 6.45) is 2.41. The molecule has 0 spiro atoms. The van der Waals surface area contributed by atoms with Crippen LogP contribution in [0.15, 0.2) is 47.4 Å². The SMILES string of the molecule is COc1ccc(NC(=O)CCc2ccccc2N)cc1S(=O)(=O)NC1CC1.Cl. The quantitative estimate of drug-likeness (QED) is 0.563. The van der Waals surface area contributed by atoms with Crippen molar-refractivity contribution in [3.63, 3.8) is 0 Å². The highest BCUT2D eigenvalue weighted by molar-refractivity contribution is 7.89. The van der Waals surface area contributed by atoms with E-state index in [-0.39, 0.29) is 41.4 Å². The molecule has 0 aromatic heterocycles. The zero-order valence-corrected chi connectivity index (χ0v) is 17.1. The second-order valence-corrected chi connectivity index (χ2v) is 8.19. The van der Waals surface area contributed by atoms with Crippen molar-refractivity contribution in [2.45, 2.75) is 36.6 Å². The van der Waals surface area contributed by atoms with Crippen molar-refractivity contribution < 1.29 is 17.9 Å². The van der Waals surface area contributed by atoms with Crippen LogP contribution in [0.1, 0.15) is 24.8 Å². The first-order valence-electron chi connectivity index (χ1n) is 8.72. The number of nitrogens with one attached hydrogen (secondary N) is 2. The number of anilines is 2. The summed E-state index contributed by atoms with van der Waals surface area (Å²) in [6.45, 7) is 0. The van der Waals surface area contributed by atoms with Gasteiger partial charge in [0, 0.05) is 23.8 Å². The molecule has 7 nitrogen and oxygen atoms in total. The Balaban J connectivity index is 0.00000280. The number of amides is 1. The monoisotopic (exact) mass is 425 g/mol. The Morgan fingerprint density at radius 1 is 1.21 bits per heavy atom. The molecule has 9 heteroatoms. The number of halogens is 1. The molecule has 1 amide bonds. The van der Waals surface area contributed by atoms with Gasteiger partial charge in [-0.15, -0.1) is 12.4 Å². The van der Waals surface area contributed by atoms with E-state index in [1.165, 1.54) is 19.2 Å². The van der Waals surface area contributed by atoms with Gasteiger partial charge in [-0.25, -0.2) is 13.1 Å². The summed E-state index contributed by atoms with van der Waals surface area (Å²) in [4.78, 5) is 12.3.